The Labute approximate surface area is 351 Å². The van der Waals surface area contributed by atoms with Gasteiger partial charge < -0.3 is 39.8 Å². The molecule has 0 aliphatic carbocycles. The highest BCUT2D eigenvalue weighted by atomic mass is 32.7. The lowest BCUT2D eigenvalue weighted by atomic mass is 10.1. The molecule has 2 unspecified atom stereocenters. The van der Waals surface area contributed by atoms with Crippen molar-refractivity contribution in [3.8, 4) is 0 Å². The summed E-state index contributed by atoms with van der Waals surface area (Å²) in [6.07, 6.45) is -1.17. The number of ether oxygens (including phenoxy) is 4. The van der Waals surface area contributed by atoms with Crippen molar-refractivity contribution in [2.75, 3.05) is 44.1 Å². The zero-order chi connectivity index (χ0) is 43.7. The van der Waals surface area contributed by atoms with Crippen molar-refractivity contribution >= 4 is 65.8 Å². The quantitative estimate of drug-likeness (QED) is 0.0494. The van der Waals surface area contributed by atoms with Gasteiger partial charge in [-0.1, -0.05) is 58.3 Å². The van der Waals surface area contributed by atoms with E-state index < -0.39 is 100 Å². The summed E-state index contributed by atoms with van der Waals surface area (Å²) in [7, 11) is -4.27. The number of methoxy groups -OCH3 is 1. The fourth-order valence-electron chi connectivity index (χ4n) is 6.81. The minimum absolute atomic E-state index is 0.000885. The maximum Gasteiger partial charge on any atom is 0.474 e. The zero-order valence-electron chi connectivity index (χ0n) is 33.5. The average molecular weight is 923 g/mol. The second-order valence-electron chi connectivity index (χ2n) is 14.4. The number of halogens is 2. The molecule has 0 saturated carbocycles. The molecular formula is C34H50F2N10O12P2S. The highest BCUT2D eigenvalue weighted by Crippen LogP contribution is 2.61. The van der Waals surface area contributed by atoms with Crippen LogP contribution in [0.25, 0.3) is 22.3 Å². The summed E-state index contributed by atoms with van der Waals surface area (Å²) in [6.45, 7) is -3.77. The number of aromatic nitrogens is 8. The van der Waals surface area contributed by atoms with Crippen molar-refractivity contribution < 1.29 is 60.1 Å². The SMILES string of the molecule is CCCCCCCCCCCC(=O)OCSP1(=O)CO[C@H]2[C@@H](F)[C@H](n3cnc4c(N)ncnc43)O[C@@H]2COP(=O)(O)O[C@@H](n2cnc3c(=O)[nH]c(N)nc32)[C@H](F)[C@H](OC)CO1. The van der Waals surface area contributed by atoms with Gasteiger partial charge in [-0.3, -0.25) is 37.3 Å². The number of H-pyrrole nitrogens is 1. The van der Waals surface area contributed by atoms with Crippen LogP contribution in [0.3, 0.4) is 0 Å². The number of nitrogen functional groups attached to an aromatic ring is 2. The molecule has 22 nitrogen and oxygen atoms in total. The van der Waals surface area contributed by atoms with Crippen LogP contribution in [0.1, 0.15) is 83.6 Å². The Balaban J connectivity index is 1.23. The van der Waals surface area contributed by atoms with Crippen LogP contribution in [0, 0.1) is 0 Å². The standard InChI is InChI=1S/C34H50F2N10O12P2S/c1-3-4-5-6-7-8-9-10-11-12-22(47)54-19-61-59(49)18-53-27-21(57-32(24(27)36)45-16-41-25-28(37)39-15-40-29(25)45)14-56-60(50,51)58-33(23(35)20(52-2)13-55-59)46-17-42-26-30(46)43-34(38)44-31(26)48/h15-17,20-21,23-24,27,32-33H,3-14,18-19H2,1-2H3,(H,50,51)(H2,37,39,40)(H3,38,43,44,48)/t20-,21-,23-,24-,27-,32-,33-,59?/m1/s1. The molecule has 9 atom stereocenters. The van der Waals surface area contributed by atoms with Gasteiger partial charge in [-0.25, -0.2) is 33.3 Å². The number of hydrogen-bond acceptors (Lipinski definition) is 19. The summed E-state index contributed by atoms with van der Waals surface area (Å²) < 4.78 is 102. The molecule has 4 aromatic heterocycles. The van der Waals surface area contributed by atoms with Crippen molar-refractivity contribution in [1.82, 2.24) is 39.0 Å². The molecule has 6 N–H and O–H groups in total. The number of nitrogens with one attached hydrogen (secondary N) is 1. The van der Waals surface area contributed by atoms with Crippen molar-refractivity contribution in [2.45, 2.75) is 114 Å². The highest BCUT2D eigenvalue weighted by molar-refractivity contribution is 8.56. The van der Waals surface area contributed by atoms with Gasteiger partial charge in [0, 0.05) is 13.5 Å². The van der Waals surface area contributed by atoms with Crippen LogP contribution in [0.15, 0.2) is 23.8 Å². The van der Waals surface area contributed by atoms with Crippen molar-refractivity contribution in [2.24, 2.45) is 0 Å². The Kier molecular flexibility index (Phi) is 16.2. The fourth-order valence-corrected chi connectivity index (χ4v) is 10.4. The second-order valence-corrected chi connectivity index (χ2v) is 20.4. The molecule has 0 radical (unpaired) electrons. The average Bonchev–Trinajstić information content (AvgIpc) is 3.93. The van der Waals surface area contributed by atoms with Gasteiger partial charge in [-0.2, -0.15) is 4.98 Å². The van der Waals surface area contributed by atoms with Crippen LogP contribution < -0.4 is 17.0 Å². The van der Waals surface area contributed by atoms with E-state index in [1.807, 2.05) is 0 Å². The van der Waals surface area contributed by atoms with Crippen LogP contribution in [-0.4, -0.2) is 113 Å². The smallest absolute Gasteiger partial charge is 0.454 e. The number of carbonyl (C=O) groups is 1. The molecule has 6 rings (SSSR count). The summed E-state index contributed by atoms with van der Waals surface area (Å²) in [5, 5.41) is 0. The molecule has 61 heavy (non-hydrogen) atoms. The molecule has 6 heterocycles. The lowest BCUT2D eigenvalue weighted by Gasteiger charge is -2.31. The van der Waals surface area contributed by atoms with Crippen LogP contribution >= 0.6 is 25.8 Å². The monoisotopic (exact) mass is 922 g/mol. The van der Waals surface area contributed by atoms with E-state index >= 15 is 8.78 Å². The van der Waals surface area contributed by atoms with Gasteiger partial charge in [0.2, 0.25) is 5.95 Å². The zero-order valence-corrected chi connectivity index (χ0v) is 36.1. The van der Waals surface area contributed by atoms with Crippen molar-refractivity contribution in [1.29, 1.82) is 0 Å². The van der Waals surface area contributed by atoms with E-state index in [1.165, 1.54) is 36.6 Å². The molecule has 4 aromatic rings. The Hall–Kier alpha value is -3.64. The second kappa shape index (κ2) is 21.2. The predicted molar refractivity (Wildman–Crippen MR) is 216 cm³/mol. The minimum atomic E-state index is -5.35. The highest BCUT2D eigenvalue weighted by Gasteiger charge is 2.50. The van der Waals surface area contributed by atoms with E-state index in [2.05, 4.69) is 36.8 Å². The minimum Gasteiger partial charge on any atom is -0.454 e. The first-order valence-corrected chi connectivity index (χ1v) is 24.6. The van der Waals surface area contributed by atoms with E-state index in [0.717, 1.165) is 50.0 Å². The summed E-state index contributed by atoms with van der Waals surface area (Å²) >= 11 is 0.553. The van der Waals surface area contributed by atoms with E-state index in [1.54, 1.807) is 0 Å². The predicted octanol–water partition coefficient (Wildman–Crippen LogP) is 5.07. The molecule has 0 bridgehead atoms. The van der Waals surface area contributed by atoms with Crippen molar-refractivity contribution in [3.63, 3.8) is 0 Å². The lowest BCUT2D eigenvalue weighted by molar-refractivity contribution is -0.141. The molecule has 2 aliphatic heterocycles. The van der Waals surface area contributed by atoms with Gasteiger partial charge >= 0.3 is 13.8 Å². The number of hydrogen-bond donors (Lipinski definition) is 4. The Morgan fingerprint density at radius 3 is 2.36 bits per heavy atom. The van der Waals surface area contributed by atoms with Gasteiger partial charge in [0.05, 0.1) is 25.9 Å². The Bertz CT molecular complexity index is 2260. The maximum absolute atomic E-state index is 16.7. The first-order chi connectivity index (χ1) is 29.2. The third-order valence-corrected chi connectivity index (χ3v) is 14.8. The van der Waals surface area contributed by atoms with Gasteiger partial charge in [0.1, 0.15) is 42.4 Å². The number of phosphoric acid groups is 1. The number of phosphoric ester groups is 1. The van der Waals surface area contributed by atoms with E-state index in [0.29, 0.717) is 17.8 Å². The normalized spacial score (nSPS) is 29.1. The van der Waals surface area contributed by atoms with E-state index in [-0.39, 0.29) is 34.6 Å². The van der Waals surface area contributed by atoms with Gasteiger partial charge in [0.15, 0.2) is 47.4 Å². The van der Waals surface area contributed by atoms with E-state index in [9.17, 15) is 23.6 Å². The summed E-state index contributed by atoms with van der Waals surface area (Å²) in [5.41, 5.74) is 10.4. The van der Waals surface area contributed by atoms with Crippen LogP contribution in [0.2, 0.25) is 0 Å². The fraction of sp³-hybridized carbons (Fsp3) is 0.676. The van der Waals surface area contributed by atoms with Crippen LogP contribution in [-0.2, 0) is 46.4 Å². The molecule has 0 amide bonds. The summed E-state index contributed by atoms with van der Waals surface area (Å²) in [4.78, 5) is 58.5. The molecule has 2 fully saturated rings. The third kappa shape index (κ3) is 11.7. The molecule has 0 aromatic carbocycles. The van der Waals surface area contributed by atoms with Crippen LogP contribution in [0.5, 0.6) is 0 Å². The number of unbranched alkanes of at least 4 members (excludes halogenated alkanes) is 8. The number of esters is 1. The molecule has 2 aliphatic rings. The lowest BCUT2D eigenvalue weighted by Crippen LogP contribution is -2.38. The number of rotatable bonds is 16. The number of nitrogens with two attached hydrogens (primary N) is 2. The number of imidazole rings is 2. The van der Waals surface area contributed by atoms with Gasteiger partial charge in [-0.05, 0) is 17.8 Å². The number of anilines is 2. The van der Waals surface area contributed by atoms with Gasteiger partial charge in [-0.15, -0.1) is 0 Å². The third-order valence-electron chi connectivity index (χ3n) is 10.0. The summed E-state index contributed by atoms with van der Waals surface area (Å²) in [6, 6.07) is 0. The molecule has 338 valence electrons. The van der Waals surface area contributed by atoms with Crippen molar-refractivity contribution in [3.05, 3.63) is 29.3 Å². The number of fused-ring (bicyclic) bond motifs is 3. The summed E-state index contributed by atoms with van der Waals surface area (Å²) in [5.74, 6) is -1.39. The molecular weight excluding hydrogens is 872 g/mol. The first kappa shape index (κ1) is 46.9. The van der Waals surface area contributed by atoms with E-state index in [4.69, 9.17) is 44.0 Å². The molecule has 0 spiro atoms. The number of carbonyl (C=O) groups excluding carboxylic acids is 1. The first-order valence-electron chi connectivity index (χ1n) is 19.7. The topological polar surface area (TPSA) is 295 Å². The Morgan fingerprint density at radius 1 is 0.951 bits per heavy atom. The molecule has 2 saturated heterocycles. The van der Waals surface area contributed by atoms with Gasteiger partial charge in [0.25, 0.3) is 12.1 Å². The largest absolute Gasteiger partial charge is 0.474 e. The number of alkyl halides is 2. The Morgan fingerprint density at radius 2 is 1.64 bits per heavy atom. The van der Waals surface area contributed by atoms with Crippen LogP contribution in [0.4, 0.5) is 20.5 Å². The molecule has 27 heteroatoms. The number of nitrogens with zero attached hydrogens (tertiary/aromatic N) is 7. The maximum atomic E-state index is 16.7. The number of aromatic amines is 1.